The van der Waals surface area contributed by atoms with Gasteiger partial charge in [-0.15, -0.1) is 0 Å². The van der Waals surface area contributed by atoms with Gasteiger partial charge in [0.2, 0.25) is 0 Å². The van der Waals surface area contributed by atoms with Gasteiger partial charge in [-0.2, -0.15) is 0 Å². The molecule has 1 atom stereocenters. The van der Waals surface area contributed by atoms with Crippen LogP contribution in [0.25, 0.3) is 5.57 Å². The van der Waals surface area contributed by atoms with Crippen molar-refractivity contribution in [2.45, 2.75) is 26.7 Å². The number of allylic oxidation sites excluding steroid dienone is 4. The van der Waals surface area contributed by atoms with Crippen molar-refractivity contribution >= 4 is 5.57 Å². The summed E-state index contributed by atoms with van der Waals surface area (Å²) >= 11 is 0. The topological polar surface area (TPSA) is 0 Å². The van der Waals surface area contributed by atoms with Gasteiger partial charge in [0.25, 0.3) is 0 Å². The summed E-state index contributed by atoms with van der Waals surface area (Å²) in [5, 5.41) is 0. The smallest absolute Gasteiger partial charge is 0.00317 e. The first-order chi connectivity index (χ1) is 10.3. The minimum atomic E-state index is 0.538. The molecule has 0 N–H and O–H groups in total. The molecule has 0 saturated heterocycles. The molecule has 21 heavy (non-hydrogen) atoms. The highest BCUT2D eigenvalue weighted by molar-refractivity contribution is 5.77. The van der Waals surface area contributed by atoms with Crippen molar-refractivity contribution < 1.29 is 0 Å². The van der Waals surface area contributed by atoms with E-state index in [0.29, 0.717) is 5.92 Å². The predicted octanol–water partition coefficient (Wildman–Crippen LogP) is 5.67. The Hall–Kier alpha value is -2.08. The molecular formula is C21H22. The highest BCUT2D eigenvalue weighted by Crippen LogP contribution is 2.39. The summed E-state index contributed by atoms with van der Waals surface area (Å²) in [6.07, 6.45) is 4.68. The van der Waals surface area contributed by atoms with E-state index in [1.54, 1.807) is 5.57 Å². The fourth-order valence-electron chi connectivity index (χ4n) is 3.33. The van der Waals surface area contributed by atoms with Crippen molar-refractivity contribution in [3.8, 4) is 0 Å². The summed E-state index contributed by atoms with van der Waals surface area (Å²) in [6, 6.07) is 21.6. The van der Waals surface area contributed by atoms with E-state index in [0.717, 1.165) is 12.8 Å². The highest BCUT2D eigenvalue weighted by atomic mass is 14.3. The Kier molecular flexibility index (Phi) is 4.06. The lowest BCUT2D eigenvalue weighted by molar-refractivity contribution is 0.800. The molecule has 0 radical (unpaired) electrons. The van der Waals surface area contributed by atoms with Crippen LogP contribution < -0.4 is 0 Å². The van der Waals surface area contributed by atoms with Gasteiger partial charge < -0.3 is 0 Å². The minimum Gasteiger partial charge on any atom is -0.0624 e. The number of rotatable bonds is 4. The monoisotopic (exact) mass is 274 g/mol. The van der Waals surface area contributed by atoms with Gasteiger partial charge in [0.15, 0.2) is 0 Å². The van der Waals surface area contributed by atoms with Crippen LogP contribution in [0.5, 0.6) is 0 Å². The van der Waals surface area contributed by atoms with Crippen LogP contribution in [0.15, 0.2) is 77.9 Å². The largest absolute Gasteiger partial charge is 0.0624 e. The second kappa shape index (κ2) is 6.13. The summed E-state index contributed by atoms with van der Waals surface area (Å²) in [7, 11) is 0. The molecule has 1 aliphatic carbocycles. The van der Waals surface area contributed by atoms with Crippen molar-refractivity contribution in [3.63, 3.8) is 0 Å². The summed E-state index contributed by atoms with van der Waals surface area (Å²) in [6.45, 7) is 4.59. The lowest BCUT2D eigenvalue weighted by atomic mass is 9.89. The summed E-state index contributed by atoms with van der Waals surface area (Å²) < 4.78 is 0. The summed E-state index contributed by atoms with van der Waals surface area (Å²) in [5.74, 6) is 0.538. The third-order valence-corrected chi connectivity index (χ3v) is 4.45. The van der Waals surface area contributed by atoms with E-state index in [2.05, 4.69) is 80.6 Å². The van der Waals surface area contributed by atoms with E-state index >= 15 is 0 Å². The van der Waals surface area contributed by atoms with Crippen LogP contribution in [0, 0.1) is 5.92 Å². The van der Waals surface area contributed by atoms with Crippen LogP contribution >= 0.6 is 0 Å². The van der Waals surface area contributed by atoms with E-state index in [9.17, 15) is 0 Å². The Balaban J connectivity index is 1.72. The number of hydrogen-bond donors (Lipinski definition) is 0. The van der Waals surface area contributed by atoms with E-state index in [-0.39, 0.29) is 0 Å². The number of benzene rings is 2. The van der Waals surface area contributed by atoms with Crippen molar-refractivity contribution in [3.05, 3.63) is 89.0 Å². The van der Waals surface area contributed by atoms with Gasteiger partial charge in [-0.1, -0.05) is 79.2 Å². The molecule has 0 nitrogen and oxygen atoms in total. The van der Waals surface area contributed by atoms with Crippen LogP contribution in [0.4, 0.5) is 0 Å². The maximum absolute atomic E-state index is 2.40. The maximum atomic E-state index is 2.40. The van der Waals surface area contributed by atoms with Crippen LogP contribution in [-0.2, 0) is 6.42 Å². The molecule has 1 aliphatic rings. The molecule has 2 aromatic rings. The predicted molar refractivity (Wildman–Crippen MR) is 91.0 cm³/mol. The molecule has 0 amide bonds. The minimum absolute atomic E-state index is 0.538. The van der Waals surface area contributed by atoms with E-state index in [1.807, 2.05) is 0 Å². The molecule has 0 saturated carbocycles. The Morgan fingerprint density at radius 1 is 0.810 bits per heavy atom. The summed E-state index contributed by atoms with van der Waals surface area (Å²) in [4.78, 5) is 0. The fourth-order valence-corrected chi connectivity index (χ4v) is 3.33. The van der Waals surface area contributed by atoms with Gasteiger partial charge in [0.05, 0.1) is 0 Å². The summed E-state index contributed by atoms with van der Waals surface area (Å²) in [5.41, 5.74) is 7.29. The van der Waals surface area contributed by atoms with Crippen molar-refractivity contribution in [2.24, 2.45) is 5.92 Å². The van der Waals surface area contributed by atoms with Gasteiger partial charge in [0.1, 0.15) is 0 Å². The normalized spacial score (nSPS) is 18.0. The first-order valence-electron chi connectivity index (χ1n) is 7.76. The molecule has 2 aromatic carbocycles. The second-order valence-corrected chi connectivity index (χ2v) is 5.89. The highest BCUT2D eigenvalue weighted by Gasteiger charge is 2.22. The van der Waals surface area contributed by atoms with Crippen LogP contribution in [0.2, 0.25) is 0 Å². The molecule has 0 spiro atoms. The van der Waals surface area contributed by atoms with Gasteiger partial charge in [-0.05, 0) is 42.0 Å². The first kappa shape index (κ1) is 13.9. The number of hydrogen-bond acceptors (Lipinski definition) is 0. The van der Waals surface area contributed by atoms with Crippen LogP contribution in [0.3, 0.4) is 0 Å². The zero-order chi connectivity index (χ0) is 14.7. The SMILES string of the molecule is CC1=C(c2ccccc2)C(C)C(CCc2ccccc2)=C1. The second-order valence-electron chi connectivity index (χ2n) is 5.89. The van der Waals surface area contributed by atoms with Crippen molar-refractivity contribution in [1.29, 1.82) is 0 Å². The van der Waals surface area contributed by atoms with Gasteiger partial charge in [-0.25, -0.2) is 0 Å². The Morgan fingerprint density at radius 2 is 1.43 bits per heavy atom. The lowest BCUT2D eigenvalue weighted by Gasteiger charge is -2.15. The number of aryl methyl sites for hydroxylation is 1. The molecule has 0 aliphatic heterocycles. The average molecular weight is 274 g/mol. The van der Waals surface area contributed by atoms with Gasteiger partial charge in [0, 0.05) is 5.92 Å². The van der Waals surface area contributed by atoms with Crippen LogP contribution in [0.1, 0.15) is 31.4 Å². The first-order valence-corrected chi connectivity index (χ1v) is 7.76. The molecular weight excluding hydrogens is 252 g/mol. The third-order valence-electron chi connectivity index (χ3n) is 4.45. The van der Waals surface area contributed by atoms with Crippen molar-refractivity contribution in [2.75, 3.05) is 0 Å². The molecule has 0 bridgehead atoms. The average Bonchev–Trinajstić information content (AvgIpc) is 2.81. The van der Waals surface area contributed by atoms with Crippen molar-refractivity contribution in [1.82, 2.24) is 0 Å². The third kappa shape index (κ3) is 3.00. The molecule has 1 unspecified atom stereocenters. The molecule has 3 rings (SSSR count). The van der Waals surface area contributed by atoms with E-state index in [1.165, 1.54) is 22.3 Å². The standard InChI is InChI=1S/C21H22/c1-16-15-20(14-13-18-9-5-3-6-10-18)17(2)21(16)19-11-7-4-8-12-19/h3-12,15,17H,13-14H2,1-2H3. The van der Waals surface area contributed by atoms with Gasteiger partial charge >= 0.3 is 0 Å². The Bertz CT molecular complexity index is 660. The van der Waals surface area contributed by atoms with E-state index in [4.69, 9.17) is 0 Å². The maximum Gasteiger partial charge on any atom is 0.00317 e. The molecule has 106 valence electrons. The van der Waals surface area contributed by atoms with Crippen LogP contribution in [-0.4, -0.2) is 0 Å². The fraction of sp³-hybridized carbons (Fsp3) is 0.238. The molecule has 0 heterocycles. The molecule has 0 aromatic heterocycles. The van der Waals surface area contributed by atoms with Gasteiger partial charge in [-0.3, -0.25) is 0 Å². The zero-order valence-electron chi connectivity index (χ0n) is 12.8. The molecule has 0 heteroatoms. The molecule has 0 fully saturated rings. The Morgan fingerprint density at radius 3 is 2.10 bits per heavy atom. The zero-order valence-corrected chi connectivity index (χ0v) is 12.8. The quantitative estimate of drug-likeness (QED) is 0.674. The Labute approximate surface area is 127 Å². The van der Waals surface area contributed by atoms with E-state index < -0.39 is 0 Å². The lowest BCUT2D eigenvalue weighted by Crippen LogP contribution is -2.00.